The van der Waals surface area contributed by atoms with E-state index in [9.17, 15) is 9.90 Å². The third kappa shape index (κ3) is 5.78. The zero-order valence-corrected chi connectivity index (χ0v) is 23.2. The molecule has 202 valence electrons. The highest BCUT2D eigenvalue weighted by Crippen LogP contribution is 2.40. The van der Waals surface area contributed by atoms with Crippen molar-refractivity contribution >= 4 is 11.6 Å². The van der Waals surface area contributed by atoms with E-state index in [1.54, 1.807) is 0 Å². The van der Waals surface area contributed by atoms with Crippen LogP contribution in [0.4, 0.5) is 5.69 Å². The lowest BCUT2D eigenvalue weighted by Crippen LogP contribution is -2.63. The summed E-state index contributed by atoms with van der Waals surface area (Å²) in [6.45, 7) is 18.3. The number of aryl methyl sites for hydroxylation is 1. The summed E-state index contributed by atoms with van der Waals surface area (Å²) < 4.78 is 5.74. The Balaban J connectivity index is 1.54. The molecular formula is C28H47N5O3. The van der Waals surface area contributed by atoms with Gasteiger partial charge in [-0.25, -0.2) is 0 Å². The van der Waals surface area contributed by atoms with Crippen LogP contribution in [0, 0.1) is 0 Å². The number of piperazine rings is 1. The molecule has 0 radical (unpaired) electrons. The lowest BCUT2D eigenvalue weighted by Gasteiger charge is -2.46. The Morgan fingerprint density at radius 2 is 1.97 bits per heavy atom. The van der Waals surface area contributed by atoms with Gasteiger partial charge in [0.25, 0.3) is 0 Å². The van der Waals surface area contributed by atoms with E-state index in [0.717, 1.165) is 74.7 Å². The van der Waals surface area contributed by atoms with Gasteiger partial charge in [0, 0.05) is 55.8 Å². The Kier molecular flexibility index (Phi) is 8.72. The maximum Gasteiger partial charge on any atom is 0.241 e. The lowest BCUT2D eigenvalue weighted by molar-refractivity contribution is -0.121. The second kappa shape index (κ2) is 11.4. The van der Waals surface area contributed by atoms with E-state index >= 15 is 0 Å². The summed E-state index contributed by atoms with van der Waals surface area (Å²) in [5.41, 5.74) is 3.45. The SMILES string of the molecule is CCCCc1cc2c(nc1CO)C(C)(C)CN2C(=O)CN1C[C@@H](C)NC[C@@H]1CN1[C@H](C)COC[C@H]1C. The van der Waals surface area contributed by atoms with Gasteiger partial charge in [-0.15, -0.1) is 0 Å². The van der Waals surface area contributed by atoms with Crippen molar-refractivity contribution in [3.8, 4) is 0 Å². The third-order valence-electron chi connectivity index (χ3n) is 8.24. The highest BCUT2D eigenvalue weighted by atomic mass is 16.5. The summed E-state index contributed by atoms with van der Waals surface area (Å²) in [7, 11) is 0. The van der Waals surface area contributed by atoms with E-state index in [-0.39, 0.29) is 24.0 Å². The number of hydrogen-bond donors (Lipinski definition) is 2. The minimum Gasteiger partial charge on any atom is -0.390 e. The van der Waals surface area contributed by atoms with Crippen LogP contribution in [0.25, 0.3) is 0 Å². The Labute approximate surface area is 217 Å². The van der Waals surface area contributed by atoms with Gasteiger partial charge >= 0.3 is 0 Å². The van der Waals surface area contributed by atoms with Crippen molar-refractivity contribution in [1.29, 1.82) is 0 Å². The molecule has 8 heteroatoms. The first kappa shape index (κ1) is 27.5. The van der Waals surface area contributed by atoms with Gasteiger partial charge in [0.15, 0.2) is 0 Å². The average molecular weight is 502 g/mol. The molecule has 4 heterocycles. The number of anilines is 1. The van der Waals surface area contributed by atoms with Crippen molar-refractivity contribution in [1.82, 2.24) is 20.1 Å². The van der Waals surface area contributed by atoms with E-state index in [2.05, 4.69) is 62.7 Å². The summed E-state index contributed by atoms with van der Waals surface area (Å²) >= 11 is 0. The number of aromatic nitrogens is 1. The predicted molar refractivity (Wildman–Crippen MR) is 143 cm³/mol. The first-order valence-corrected chi connectivity index (χ1v) is 13.9. The van der Waals surface area contributed by atoms with E-state index < -0.39 is 0 Å². The number of fused-ring (bicyclic) bond motifs is 1. The molecule has 1 amide bonds. The monoisotopic (exact) mass is 501 g/mol. The summed E-state index contributed by atoms with van der Waals surface area (Å²) in [5.74, 6) is 0.143. The van der Waals surface area contributed by atoms with Gasteiger partial charge in [-0.2, -0.15) is 0 Å². The standard InChI is InChI=1S/C28H47N5O3/c1-7-8-9-22-10-25-27(30-24(22)15-34)28(5,6)18-33(25)26(35)14-31-12-19(2)29-11-23(31)13-32-20(3)16-36-17-21(32)4/h10,19-21,23,29,34H,7-9,11-18H2,1-6H3/t19-,20-,21-,23-/m1/s1. The van der Waals surface area contributed by atoms with Gasteiger partial charge in [-0.1, -0.05) is 27.2 Å². The third-order valence-corrected chi connectivity index (χ3v) is 8.24. The van der Waals surface area contributed by atoms with Gasteiger partial charge in [0.2, 0.25) is 5.91 Å². The molecule has 0 aliphatic carbocycles. The topological polar surface area (TPSA) is 81.2 Å². The minimum absolute atomic E-state index is 0.0604. The molecule has 3 aliphatic rings. The van der Waals surface area contributed by atoms with Crippen LogP contribution in [-0.4, -0.2) is 95.9 Å². The molecule has 1 aromatic heterocycles. The molecule has 8 nitrogen and oxygen atoms in total. The molecule has 0 spiro atoms. The first-order valence-electron chi connectivity index (χ1n) is 13.9. The van der Waals surface area contributed by atoms with Crippen molar-refractivity contribution in [2.24, 2.45) is 0 Å². The molecule has 4 atom stereocenters. The number of carbonyl (C=O) groups excluding carboxylic acids is 1. The molecule has 0 aromatic carbocycles. The van der Waals surface area contributed by atoms with Crippen LogP contribution in [0.2, 0.25) is 0 Å². The quantitative estimate of drug-likeness (QED) is 0.566. The highest BCUT2D eigenvalue weighted by molar-refractivity contribution is 5.97. The van der Waals surface area contributed by atoms with Crippen LogP contribution >= 0.6 is 0 Å². The van der Waals surface area contributed by atoms with E-state index in [0.29, 0.717) is 31.2 Å². The predicted octanol–water partition coefficient (Wildman–Crippen LogP) is 2.31. The van der Waals surface area contributed by atoms with Crippen molar-refractivity contribution < 1.29 is 14.6 Å². The lowest BCUT2D eigenvalue weighted by atomic mass is 9.90. The Hall–Kier alpha value is -1.58. The van der Waals surface area contributed by atoms with Crippen LogP contribution < -0.4 is 10.2 Å². The average Bonchev–Trinajstić information content (AvgIpc) is 3.10. The van der Waals surface area contributed by atoms with Crippen LogP contribution in [0.3, 0.4) is 0 Å². The molecule has 2 saturated heterocycles. The summed E-state index contributed by atoms with van der Waals surface area (Å²) in [6.07, 6.45) is 3.00. The van der Waals surface area contributed by atoms with Gasteiger partial charge in [0.1, 0.15) is 0 Å². The molecule has 36 heavy (non-hydrogen) atoms. The number of aliphatic hydroxyl groups excluding tert-OH is 1. The maximum absolute atomic E-state index is 13.9. The number of ether oxygens (including phenoxy) is 1. The molecule has 2 fully saturated rings. The molecular weight excluding hydrogens is 454 g/mol. The molecule has 3 aliphatic heterocycles. The minimum atomic E-state index is -0.243. The number of morpholine rings is 1. The number of rotatable bonds is 8. The number of nitrogens with one attached hydrogen (secondary N) is 1. The Morgan fingerprint density at radius 3 is 2.64 bits per heavy atom. The van der Waals surface area contributed by atoms with Gasteiger partial charge in [-0.3, -0.25) is 19.6 Å². The van der Waals surface area contributed by atoms with Crippen LogP contribution in [0.5, 0.6) is 0 Å². The molecule has 0 unspecified atom stereocenters. The molecule has 0 saturated carbocycles. The van der Waals surface area contributed by atoms with Crippen LogP contribution in [0.15, 0.2) is 6.07 Å². The fraction of sp³-hybridized carbons (Fsp3) is 0.786. The van der Waals surface area contributed by atoms with Crippen molar-refractivity contribution in [3.63, 3.8) is 0 Å². The smallest absolute Gasteiger partial charge is 0.241 e. The zero-order chi connectivity index (χ0) is 26.0. The molecule has 2 N–H and O–H groups in total. The number of unbranched alkanes of at least 4 members (excludes halogenated alkanes) is 1. The fourth-order valence-corrected chi connectivity index (χ4v) is 6.09. The van der Waals surface area contributed by atoms with Gasteiger partial charge in [0.05, 0.1) is 43.4 Å². The Bertz CT molecular complexity index is 913. The second-order valence-electron chi connectivity index (χ2n) is 11.9. The summed E-state index contributed by atoms with van der Waals surface area (Å²) in [5, 5.41) is 13.6. The maximum atomic E-state index is 13.9. The number of carbonyl (C=O) groups is 1. The fourth-order valence-electron chi connectivity index (χ4n) is 6.09. The number of aliphatic hydroxyl groups is 1. The summed E-state index contributed by atoms with van der Waals surface area (Å²) in [6, 6.07) is 3.52. The largest absolute Gasteiger partial charge is 0.390 e. The van der Waals surface area contributed by atoms with Gasteiger partial charge in [-0.05, 0) is 45.2 Å². The van der Waals surface area contributed by atoms with E-state index in [4.69, 9.17) is 9.72 Å². The first-order chi connectivity index (χ1) is 17.1. The second-order valence-corrected chi connectivity index (χ2v) is 11.9. The van der Waals surface area contributed by atoms with E-state index in [1.807, 2.05) is 4.90 Å². The summed E-state index contributed by atoms with van der Waals surface area (Å²) in [4.78, 5) is 25.6. The van der Waals surface area contributed by atoms with E-state index in [1.165, 1.54) is 0 Å². The number of hydrogen-bond acceptors (Lipinski definition) is 7. The Morgan fingerprint density at radius 1 is 1.25 bits per heavy atom. The molecule has 4 rings (SSSR count). The zero-order valence-electron chi connectivity index (χ0n) is 23.2. The normalized spacial score (nSPS) is 28.9. The van der Waals surface area contributed by atoms with Crippen molar-refractivity contribution in [3.05, 3.63) is 23.0 Å². The highest BCUT2D eigenvalue weighted by Gasteiger charge is 2.41. The van der Waals surface area contributed by atoms with Crippen LogP contribution in [-0.2, 0) is 28.0 Å². The van der Waals surface area contributed by atoms with Gasteiger partial charge < -0.3 is 20.1 Å². The number of amides is 1. The molecule has 0 bridgehead atoms. The van der Waals surface area contributed by atoms with Crippen LogP contribution in [0.1, 0.15) is 71.3 Å². The van der Waals surface area contributed by atoms with Crippen molar-refractivity contribution in [2.75, 3.05) is 50.8 Å². The molecule has 1 aromatic rings. The number of pyridine rings is 1. The number of nitrogens with zero attached hydrogens (tertiary/aromatic N) is 4. The van der Waals surface area contributed by atoms with Crippen molar-refractivity contribution in [2.45, 2.75) is 97.0 Å².